The smallest absolute Gasteiger partial charge is 0.245 e. The van der Waals surface area contributed by atoms with Crippen LogP contribution >= 0.6 is 22.7 Å². The molecule has 0 bridgehead atoms. The van der Waals surface area contributed by atoms with E-state index in [1.54, 1.807) is 11.3 Å². The van der Waals surface area contributed by atoms with Gasteiger partial charge < -0.3 is 10.2 Å². The number of fused-ring (bicyclic) bond motifs is 1. The fourth-order valence-electron chi connectivity index (χ4n) is 2.38. The summed E-state index contributed by atoms with van der Waals surface area (Å²) in [5.41, 5.74) is 4.35. The van der Waals surface area contributed by atoms with Crippen molar-refractivity contribution in [3.8, 4) is 0 Å². The van der Waals surface area contributed by atoms with Crippen molar-refractivity contribution in [2.75, 3.05) is 23.8 Å². The second-order valence-corrected chi connectivity index (χ2v) is 8.12. The Morgan fingerprint density at radius 3 is 2.46 bits per heavy atom. The summed E-state index contributed by atoms with van der Waals surface area (Å²) in [6, 6.07) is 4.19. The number of hydrogen-bond acceptors (Lipinski definition) is 6. The van der Waals surface area contributed by atoms with Gasteiger partial charge in [-0.3, -0.25) is 4.79 Å². The van der Waals surface area contributed by atoms with Crippen LogP contribution in [0.2, 0.25) is 0 Å². The number of nitrogens with one attached hydrogen (secondary N) is 1. The molecule has 0 aliphatic rings. The Labute approximate surface area is 149 Å². The van der Waals surface area contributed by atoms with Crippen LogP contribution in [0.5, 0.6) is 0 Å². The first-order chi connectivity index (χ1) is 11.3. The number of carbonyl (C=O) groups excluding carboxylic acids is 1. The topological polar surface area (TPSA) is 58.1 Å². The highest BCUT2D eigenvalue weighted by Crippen LogP contribution is 2.32. The molecular weight excluding hydrogens is 340 g/mol. The van der Waals surface area contributed by atoms with Gasteiger partial charge in [0.2, 0.25) is 5.91 Å². The van der Waals surface area contributed by atoms with E-state index in [0.29, 0.717) is 5.13 Å². The predicted molar refractivity (Wildman–Crippen MR) is 103 cm³/mol. The molecule has 2 aromatic heterocycles. The number of thiazole rings is 2. The van der Waals surface area contributed by atoms with Crippen molar-refractivity contribution in [3.05, 3.63) is 33.8 Å². The van der Waals surface area contributed by atoms with Crippen LogP contribution in [-0.2, 0) is 4.79 Å². The summed E-state index contributed by atoms with van der Waals surface area (Å²) in [4.78, 5) is 24.3. The SMILES string of the molecule is Cc1nc(NC(=O)CN(C)c2nc3c(C)ccc(C)c3s2)sc1C. The molecule has 1 amide bonds. The molecule has 3 aromatic rings. The molecule has 0 saturated carbocycles. The summed E-state index contributed by atoms with van der Waals surface area (Å²) in [6.07, 6.45) is 0. The van der Waals surface area contributed by atoms with E-state index in [-0.39, 0.29) is 12.5 Å². The minimum atomic E-state index is -0.0843. The largest absolute Gasteiger partial charge is 0.342 e. The number of aromatic nitrogens is 2. The molecule has 0 aliphatic heterocycles. The number of likely N-dealkylation sites (N-methyl/N-ethyl adjacent to an activating group) is 1. The van der Waals surface area contributed by atoms with Gasteiger partial charge in [0.15, 0.2) is 10.3 Å². The third-order valence-electron chi connectivity index (χ3n) is 3.91. The van der Waals surface area contributed by atoms with E-state index in [4.69, 9.17) is 4.98 Å². The maximum atomic E-state index is 12.3. The van der Waals surface area contributed by atoms with Crippen LogP contribution in [0.15, 0.2) is 12.1 Å². The molecule has 5 nitrogen and oxygen atoms in total. The van der Waals surface area contributed by atoms with Gasteiger partial charge >= 0.3 is 0 Å². The van der Waals surface area contributed by atoms with Crippen LogP contribution in [0.4, 0.5) is 10.3 Å². The van der Waals surface area contributed by atoms with Gasteiger partial charge in [-0.2, -0.15) is 0 Å². The van der Waals surface area contributed by atoms with Crippen LogP contribution in [0.25, 0.3) is 10.2 Å². The van der Waals surface area contributed by atoms with Crippen molar-refractivity contribution in [2.45, 2.75) is 27.7 Å². The standard InChI is InChI=1S/C17H20N4OS2/c1-9-6-7-10(2)15-14(9)20-17(24-15)21(5)8-13(22)19-16-18-11(3)12(4)23-16/h6-7H,8H2,1-5H3,(H,18,19,22). The average Bonchev–Trinajstić information content (AvgIpc) is 3.08. The number of hydrogen-bond donors (Lipinski definition) is 1. The van der Waals surface area contributed by atoms with E-state index >= 15 is 0 Å². The Bertz CT molecular complexity index is 854. The van der Waals surface area contributed by atoms with Gasteiger partial charge in [0, 0.05) is 11.9 Å². The molecule has 0 radical (unpaired) electrons. The summed E-state index contributed by atoms with van der Waals surface area (Å²) in [6.45, 7) is 8.34. The lowest BCUT2D eigenvalue weighted by Crippen LogP contribution is -2.29. The molecule has 0 spiro atoms. The monoisotopic (exact) mass is 360 g/mol. The van der Waals surface area contributed by atoms with Crippen LogP contribution in [0.3, 0.4) is 0 Å². The van der Waals surface area contributed by atoms with Crippen LogP contribution in [0.1, 0.15) is 21.7 Å². The maximum absolute atomic E-state index is 12.3. The van der Waals surface area contributed by atoms with Crippen molar-refractivity contribution in [3.63, 3.8) is 0 Å². The van der Waals surface area contributed by atoms with Gasteiger partial charge in [0.1, 0.15) is 0 Å². The molecule has 1 N–H and O–H groups in total. The predicted octanol–water partition coefficient (Wildman–Crippen LogP) is 4.06. The Morgan fingerprint density at radius 2 is 1.83 bits per heavy atom. The second-order valence-electron chi connectivity index (χ2n) is 5.94. The highest BCUT2D eigenvalue weighted by Gasteiger charge is 2.15. The number of amides is 1. The van der Waals surface area contributed by atoms with E-state index in [2.05, 4.69) is 36.3 Å². The van der Waals surface area contributed by atoms with E-state index in [0.717, 1.165) is 26.8 Å². The van der Waals surface area contributed by atoms with Crippen LogP contribution < -0.4 is 10.2 Å². The molecule has 0 saturated heterocycles. The van der Waals surface area contributed by atoms with Crippen LogP contribution in [-0.4, -0.2) is 29.5 Å². The van der Waals surface area contributed by atoms with Crippen LogP contribution in [0, 0.1) is 27.7 Å². The molecule has 2 heterocycles. The minimum Gasteiger partial charge on any atom is -0.342 e. The lowest BCUT2D eigenvalue weighted by atomic mass is 10.1. The summed E-state index contributed by atoms with van der Waals surface area (Å²) in [7, 11) is 1.89. The molecule has 126 valence electrons. The van der Waals surface area contributed by atoms with Crippen molar-refractivity contribution in [1.29, 1.82) is 0 Å². The number of nitrogens with zero attached hydrogens (tertiary/aromatic N) is 3. The third kappa shape index (κ3) is 3.27. The normalized spacial score (nSPS) is 11.0. The lowest BCUT2D eigenvalue weighted by Gasteiger charge is -2.14. The first kappa shape index (κ1) is 16.9. The van der Waals surface area contributed by atoms with E-state index in [1.165, 1.54) is 21.6 Å². The summed E-state index contributed by atoms with van der Waals surface area (Å²) >= 11 is 3.12. The maximum Gasteiger partial charge on any atom is 0.245 e. The van der Waals surface area contributed by atoms with Gasteiger partial charge in [-0.1, -0.05) is 23.5 Å². The highest BCUT2D eigenvalue weighted by atomic mass is 32.1. The fourth-order valence-corrected chi connectivity index (χ4v) is 4.28. The zero-order chi connectivity index (χ0) is 17.4. The summed E-state index contributed by atoms with van der Waals surface area (Å²) < 4.78 is 1.18. The van der Waals surface area contributed by atoms with E-state index < -0.39 is 0 Å². The number of benzene rings is 1. The van der Waals surface area contributed by atoms with E-state index in [1.807, 2.05) is 25.8 Å². The lowest BCUT2D eigenvalue weighted by molar-refractivity contribution is -0.114. The molecule has 3 rings (SSSR count). The molecule has 1 aromatic carbocycles. The molecule has 24 heavy (non-hydrogen) atoms. The van der Waals surface area contributed by atoms with Gasteiger partial charge in [0.05, 0.1) is 22.5 Å². The Morgan fingerprint density at radius 1 is 1.12 bits per heavy atom. The fraction of sp³-hybridized carbons (Fsp3) is 0.353. The Balaban J connectivity index is 1.74. The number of aryl methyl sites for hydroxylation is 4. The first-order valence-electron chi connectivity index (χ1n) is 7.67. The Kier molecular flexibility index (Phi) is 4.56. The van der Waals surface area contributed by atoms with Crippen molar-refractivity contribution in [2.24, 2.45) is 0 Å². The average molecular weight is 361 g/mol. The number of anilines is 2. The molecule has 0 aliphatic carbocycles. The third-order valence-corrected chi connectivity index (χ3v) is 6.21. The van der Waals surface area contributed by atoms with Crippen molar-refractivity contribution >= 4 is 49.1 Å². The zero-order valence-corrected chi connectivity index (χ0v) is 16.1. The van der Waals surface area contributed by atoms with Gasteiger partial charge in [-0.05, 0) is 38.8 Å². The Hall–Kier alpha value is -1.99. The van der Waals surface area contributed by atoms with Crippen molar-refractivity contribution < 1.29 is 4.79 Å². The molecule has 0 fully saturated rings. The molecular formula is C17H20N4OS2. The highest BCUT2D eigenvalue weighted by molar-refractivity contribution is 7.22. The summed E-state index contributed by atoms with van der Waals surface area (Å²) in [5, 5.41) is 4.37. The zero-order valence-electron chi connectivity index (χ0n) is 14.4. The van der Waals surface area contributed by atoms with E-state index in [9.17, 15) is 4.79 Å². The number of carbonyl (C=O) groups is 1. The summed E-state index contributed by atoms with van der Waals surface area (Å²) in [5.74, 6) is -0.0843. The first-order valence-corrected chi connectivity index (χ1v) is 9.30. The quantitative estimate of drug-likeness (QED) is 0.762. The van der Waals surface area contributed by atoms with Gasteiger partial charge in [0.25, 0.3) is 0 Å². The second kappa shape index (κ2) is 6.49. The molecule has 0 atom stereocenters. The molecule has 7 heteroatoms. The number of rotatable bonds is 4. The van der Waals surface area contributed by atoms with Gasteiger partial charge in [-0.25, -0.2) is 9.97 Å². The minimum absolute atomic E-state index is 0.0843. The molecule has 0 unspecified atom stereocenters. The van der Waals surface area contributed by atoms with Gasteiger partial charge in [-0.15, -0.1) is 11.3 Å². The van der Waals surface area contributed by atoms with Crippen molar-refractivity contribution in [1.82, 2.24) is 9.97 Å².